The molecule has 0 aliphatic carbocycles. The van der Waals surface area contributed by atoms with Gasteiger partial charge in [0.15, 0.2) is 5.56 Å². The Labute approximate surface area is 219 Å². The maximum absolute atomic E-state index is 14.2. The first-order valence-corrected chi connectivity index (χ1v) is 11.8. The zero-order chi connectivity index (χ0) is 28.4. The van der Waals surface area contributed by atoms with Gasteiger partial charge in [-0.25, -0.2) is 13.8 Å². The molecule has 0 bridgehead atoms. The molecule has 4 rings (SSSR count). The average molecular weight is 549 g/mol. The first kappa shape index (κ1) is 28.0. The third kappa shape index (κ3) is 6.88. The second kappa shape index (κ2) is 11.0. The normalized spacial score (nSPS) is 12.1. The topological polar surface area (TPSA) is 75.5 Å². The highest BCUT2D eigenvalue weighted by Gasteiger charge is 2.39. The van der Waals surface area contributed by atoms with Crippen LogP contribution in [-0.4, -0.2) is 33.3 Å². The molecule has 0 spiro atoms. The molecule has 0 amide bonds. The Balaban J connectivity index is 1.64. The minimum Gasteiger partial charge on any atom is -0.490 e. The van der Waals surface area contributed by atoms with Crippen molar-refractivity contribution in [3.63, 3.8) is 0 Å². The lowest BCUT2D eigenvalue weighted by Gasteiger charge is -2.21. The van der Waals surface area contributed by atoms with Crippen LogP contribution in [0.2, 0.25) is 0 Å². The largest absolute Gasteiger partial charge is 0.490 e. The van der Waals surface area contributed by atoms with Crippen LogP contribution in [0, 0.1) is 11.6 Å². The summed E-state index contributed by atoms with van der Waals surface area (Å²) < 4.78 is 87.2. The molecule has 0 aliphatic rings. The molecule has 4 aromatic rings. The summed E-state index contributed by atoms with van der Waals surface area (Å²) in [5, 5.41) is 0.0119. The van der Waals surface area contributed by atoms with Crippen molar-refractivity contribution in [2.24, 2.45) is 0 Å². The average Bonchev–Trinajstić information content (AvgIpc) is 2.84. The van der Waals surface area contributed by atoms with E-state index in [1.165, 1.54) is 35.2 Å². The van der Waals surface area contributed by atoms with E-state index in [2.05, 4.69) is 9.97 Å². The van der Waals surface area contributed by atoms with Gasteiger partial charge in [0.1, 0.15) is 29.7 Å². The van der Waals surface area contributed by atoms with Crippen LogP contribution < -0.4 is 15.0 Å². The quantitative estimate of drug-likeness (QED) is 0.195. The van der Waals surface area contributed by atoms with Crippen LogP contribution in [0.5, 0.6) is 17.4 Å². The minimum atomic E-state index is -4.87. The zero-order valence-electron chi connectivity index (χ0n) is 21.2. The van der Waals surface area contributed by atoms with Crippen molar-refractivity contribution >= 4 is 10.9 Å². The van der Waals surface area contributed by atoms with Crippen LogP contribution in [0.3, 0.4) is 0 Å². The Kier molecular flexibility index (Phi) is 7.86. The molecule has 2 aromatic carbocycles. The van der Waals surface area contributed by atoms with Crippen LogP contribution in [-0.2, 0) is 17.5 Å². The van der Waals surface area contributed by atoms with Crippen molar-refractivity contribution in [1.82, 2.24) is 14.5 Å². The van der Waals surface area contributed by atoms with Gasteiger partial charge in [0.25, 0.3) is 5.56 Å². The van der Waals surface area contributed by atoms with Crippen molar-refractivity contribution in [2.75, 3.05) is 13.2 Å². The lowest BCUT2D eigenvalue weighted by atomic mass is 10.2. The van der Waals surface area contributed by atoms with E-state index < -0.39 is 46.2 Å². The molecule has 12 heteroatoms. The number of alkyl halides is 3. The van der Waals surface area contributed by atoms with Crippen LogP contribution in [0.1, 0.15) is 31.9 Å². The van der Waals surface area contributed by atoms with Crippen molar-refractivity contribution in [1.29, 1.82) is 0 Å². The van der Waals surface area contributed by atoms with E-state index in [-0.39, 0.29) is 36.5 Å². The Hall–Kier alpha value is -4.06. The molecule has 0 fully saturated rings. The van der Waals surface area contributed by atoms with E-state index in [1.54, 1.807) is 0 Å². The molecule has 0 aliphatic heterocycles. The monoisotopic (exact) mass is 549 g/mol. The Bertz CT molecular complexity index is 1550. The first-order chi connectivity index (χ1) is 18.3. The third-order valence-corrected chi connectivity index (χ3v) is 5.43. The van der Waals surface area contributed by atoms with Gasteiger partial charge in [0.2, 0.25) is 5.88 Å². The smallest absolute Gasteiger partial charge is 0.425 e. The highest BCUT2D eigenvalue weighted by atomic mass is 19.4. The maximum Gasteiger partial charge on any atom is 0.425 e. The fraction of sp³-hybridized carbons (Fsp3) is 0.296. The van der Waals surface area contributed by atoms with E-state index >= 15 is 0 Å². The third-order valence-electron chi connectivity index (χ3n) is 5.43. The fourth-order valence-electron chi connectivity index (χ4n) is 3.71. The van der Waals surface area contributed by atoms with Crippen molar-refractivity contribution in [2.45, 2.75) is 39.1 Å². The van der Waals surface area contributed by atoms with Gasteiger partial charge in [0, 0.05) is 17.8 Å². The number of aromatic nitrogens is 3. The summed E-state index contributed by atoms with van der Waals surface area (Å²) in [5.41, 5.74) is -1.93. The predicted octanol–water partition coefficient (Wildman–Crippen LogP) is 6.12. The first-order valence-electron chi connectivity index (χ1n) is 11.8. The lowest BCUT2D eigenvalue weighted by Crippen LogP contribution is -2.23. The van der Waals surface area contributed by atoms with Crippen LogP contribution in [0.25, 0.3) is 10.9 Å². The molecule has 0 saturated carbocycles. The molecular weight excluding hydrogens is 525 g/mol. The minimum absolute atomic E-state index is 0.0119. The summed E-state index contributed by atoms with van der Waals surface area (Å²) in [6, 6.07) is 8.15. The number of hydrogen-bond acceptors (Lipinski definition) is 6. The Morgan fingerprint density at radius 2 is 1.72 bits per heavy atom. The van der Waals surface area contributed by atoms with Crippen molar-refractivity contribution in [3.05, 3.63) is 88.1 Å². The number of pyridine rings is 1. The summed E-state index contributed by atoms with van der Waals surface area (Å²) in [7, 11) is 0. The van der Waals surface area contributed by atoms with Gasteiger partial charge in [-0.1, -0.05) is 6.07 Å². The summed E-state index contributed by atoms with van der Waals surface area (Å²) >= 11 is 0. The zero-order valence-corrected chi connectivity index (χ0v) is 21.2. The number of halogens is 5. The molecule has 2 heterocycles. The van der Waals surface area contributed by atoms with Crippen LogP contribution >= 0.6 is 0 Å². The molecule has 39 heavy (non-hydrogen) atoms. The second-order valence-electron chi connectivity index (χ2n) is 9.49. The molecule has 0 N–H and O–H groups in total. The number of ether oxygens (including phenoxy) is 3. The Morgan fingerprint density at radius 3 is 2.41 bits per heavy atom. The summed E-state index contributed by atoms with van der Waals surface area (Å²) in [5.74, 6) is -2.89. The number of rotatable bonds is 8. The van der Waals surface area contributed by atoms with Gasteiger partial charge < -0.3 is 18.8 Å². The van der Waals surface area contributed by atoms with E-state index in [0.717, 1.165) is 24.4 Å². The standard InChI is InChI=1S/C27H24F5N3O4/c1-26(2,3)38-11-10-37-22-8-9-33-25(23(22)27(30,31)32)39-18-6-7-21-19(13-18)24(36)34-15-35(21)14-16-4-5-17(28)12-20(16)29/h4-9,12-13,15H,10-11,14H2,1-3H3. The van der Waals surface area contributed by atoms with Crippen molar-refractivity contribution in [3.8, 4) is 17.4 Å². The number of hydrogen-bond donors (Lipinski definition) is 0. The van der Waals surface area contributed by atoms with Gasteiger partial charge in [-0.15, -0.1) is 0 Å². The Morgan fingerprint density at radius 1 is 0.949 bits per heavy atom. The van der Waals surface area contributed by atoms with Gasteiger partial charge in [0.05, 0.1) is 36.0 Å². The lowest BCUT2D eigenvalue weighted by molar-refractivity contribution is -0.140. The second-order valence-corrected chi connectivity index (χ2v) is 9.49. The van der Waals surface area contributed by atoms with Crippen molar-refractivity contribution < 1.29 is 36.2 Å². The fourth-order valence-corrected chi connectivity index (χ4v) is 3.71. The maximum atomic E-state index is 14.2. The van der Waals surface area contributed by atoms with E-state index in [1.807, 2.05) is 20.8 Å². The van der Waals surface area contributed by atoms with E-state index in [4.69, 9.17) is 14.2 Å². The van der Waals surface area contributed by atoms with Crippen LogP contribution in [0.4, 0.5) is 22.0 Å². The van der Waals surface area contributed by atoms with Gasteiger partial charge in [-0.3, -0.25) is 4.79 Å². The highest BCUT2D eigenvalue weighted by molar-refractivity contribution is 5.79. The highest BCUT2D eigenvalue weighted by Crippen LogP contribution is 2.42. The SMILES string of the molecule is CC(C)(C)OCCOc1ccnc(Oc2ccc3c(c2)c(=O)ncn3Cc2ccc(F)cc2F)c1C(F)(F)F. The summed E-state index contributed by atoms with van der Waals surface area (Å²) in [4.78, 5) is 20.0. The summed E-state index contributed by atoms with van der Waals surface area (Å²) in [6.07, 6.45) is -2.56. The van der Waals surface area contributed by atoms with Gasteiger partial charge in [-0.05, 0) is 51.1 Å². The predicted molar refractivity (Wildman–Crippen MR) is 132 cm³/mol. The molecule has 0 atom stereocenters. The number of nitrogens with zero attached hydrogens (tertiary/aromatic N) is 3. The van der Waals surface area contributed by atoms with Gasteiger partial charge in [-0.2, -0.15) is 18.2 Å². The molecule has 2 aromatic heterocycles. The summed E-state index contributed by atoms with van der Waals surface area (Å²) in [6.45, 7) is 5.27. The molecular formula is C27H24F5N3O4. The van der Waals surface area contributed by atoms with E-state index in [0.29, 0.717) is 5.52 Å². The number of fused-ring (bicyclic) bond motifs is 1. The molecule has 0 radical (unpaired) electrons. The molecule has 0 unspecified atom stereocenters. The molecule has 206 valence electrons. The molecule has 7 nitrogen and oxygen atoms in total. The van der Waals surface area contributed by atoms with Gasteiger partial charge >= 0.3 is 6.18 Å². The number of benzene rings is 2. The van der Waals surface area contributed by atoms with Crippen LogP contribution in [0.15, 0.2) is 59.8 Å². The van der Waals surface area contributed by atoms with E-state index in [9.17, 15) is 26.7 Å². The molecule has 0 saturated heterocycles.